The number of benzene rings is 1. The van der Waals surface area contributed by atoms with Gasteiger partial charge in [-0.05, 0) is 39.8 Å². The molecule has 2 aromatic rings. The van der Waals surface area contributed by atoms with Gasteiger partial charge in [-0.3, -0.25) is 0 Å². The number of amides is 1. The van der Waals surface area contributed by atoms with E-state index in [1.165, 1.54) is 0 Å². The van der Waals surface area contributed by atoms with Crippen LogP contribution in [0, 0.1) is 0 Å². The van der Waals surface area contributed by atoms with E-state index in [0.717, 1.165) is 16.7 Å². The minimum atomic E-state index is -0.477. The number of alkyl carbamates (subject to hydrolysis) is 1. The van der Waals surface area contributed by atoms with E-state index in [-0.39, 0.29) is 6.04 Å². The van der Waals surface area contributed by atoms with Gasteiger partial charge in [0, 0.05) is 18.0 Å². The minimum absolute atomic E-state index is 0.112. The van der Waals surface area contributed by atoms with E-state index >= 15 is 0 Å². The van der Waals surface area contributed by atoms with E-state index in [4.69, 9.17) is 9.15 Å². The van der Waals surface area contributed by atoms with Crippen molar-refractivity contribution in [2.24, 2.45) is 0 Å². The maximum Gasteiger partial charge on any atom is 0.407 e. The SMILES string of the molecule is CC(CNC(=O)OC(C)(C)C)NCc1cc2ccccc2o1. The average molecular weight is 304 g/mol. The van der Waals surface area contributed by atoms with Crippen LogP contribution in [0.25, 0.3) is 11.0 Å². The molecule has 0 saturated carbocycles. The molecule has 0 spiro atoms. The topological polar surface area (TPSA) is 63.5 Å². The highest BCUT2D eigenvalue weighted by Gasteiger charge is 2.16. The zero-order valence-electron chi connectivity index (χ0n) is 13.6. The summed E-state index contributed by atoms with van der Waals surface area (Å²) in [6.07, 6.45) is -0.398. The molecular weight excluding hydrogens is 280 g/mol. The van der Waals surface area contributed by atoms with Crippen LogP contribution in [0.5, 0.6) is 0 Å². The molecule has 0 bridgehead atoms. The van der Waals surface area contributed by atoms with E-state index in [1.807, 2.05) is 58.0 Å². The van der Waals surface area contributed by atoms with Crippen molar-refractivity contribution in [1.82, 2.24) is 10.6 Å². The van der Waals surface area contributed by atoms with Crippen LogP contribution in [0.4, 0.5) is 4.79 Å². The molecule has 2 N–H and O–H groups in total. The first-order valence-corrected chi connectivity index (χ1v) is 7.51. The Labute approximate surface area is 131 Å². The molecule has 120 valence electrons. The monoisotopic (exact) mass is 304 g/mol. The van der Waals surface area contributed by atoms with Gasteiger partial charge in [-0.2, -0.15) is 0 Å². The largest absolute Gasteiger partial charge is 0.460 e. The van der Waals surface area contributed by atoms with Crippen molar-refractivity contribution in [1.29, 1.82) is 0 Å². The lowest BCUT2D eigenvalue weighted by Gasteiger charge is -2.21. The smallest absolute Gasteiger partial charge is 0.407 e. The molecule has 0 aliphatic heterocycles. The van der Waals surface area contributed by atoms with Crippen molar-refractivity contribution >= 4 is 17.1 Å². The van der Waals surface area contributed by atoms with E-state index in [9.17, 15) is 4.79 Å². The van der Waals surface area contributed by atoms with Crippen molar-refractivity contribution in [3.8, 4) is 0 Å². The quantitative estimate of drug-likeness (QED) is 0.888. The summed E-state index contributed by atoms with van der Waals surface area (Å²) in [6.45, 7) is 8.64. The molecule has 0 radical (unpaired) electrons. The first-order chi connectivity index (χ1) is 10.3. The van der Waals surface area contributed by atoms with Gasteiger partial charge in [-0.25, -0.2) is 4.79 Å². The van der Waals surface area contributed by atoms with E-state index < -0.39 is 11.7 Å². The summed E-state index contributed by atoms with van der Waals surface area (Å²) in [7, 11) is 0. The standard InChI is InChI=1S/C17H24N2O3/c1-12(10-19-16(20)22-17(2,3)4)18-11-14-9-13-7-5-6-8-15(13)21-14/h5-9,12,18H,10-11H2,1-4H3,(H,19,20). The lowest BCUT2D eigenvalue weighted by atomic mass is 10.2. The van der Waals surface area contributed by atoms with Gasteiger partial charge >= 0.3 is 6.09 Å². The van der Waals surface area contributed by atoms with Crippen LogP contribution in [-0.2, 0) is 11.3 Å². The highest BCUT2D eigenvalue weighted by molar-refractivity contribution is 5.77. The van der Waals surface area contributed by atoms with Crippen LogP contribution in [0.3, 0.4) is 0 Å². The molecule has 1 aromatic heterocycles. The Morgan fingerprint density at radius 3 is 2.73 bits per heavy atom. The van der Waals surface area contributed by atoms with Crippen molar-refractivity contribution in [2.75, 3.05) is 6.54 Å². The highest BCUT2D eigenvalue weighted by Crippen LogP contribution is 2.18. The molecule has 22 heavy (non-hydrogen) atoms. The van der Waals surface area contributed by atoms with Crippen molar-refractivity contribution in [2.45, 2.75) is 45.9 Å². The number of fused-ring (bicyclic) bond motifs is 1. The molecular formula is C17H24N2O3. The molecule has 0 aliphatic rings. The second-order valence-corrected chi connectivity index (χ2v) is 6.42. The van der Waals surface area contributed by atoms with Crippen molar-refractivity contribution in [3.63, 3.8) is 0 Å². The number of ether oxygens (including phenoxy) is 1. The molecule has 0 fully saturated rings. The third-order valence-electron chi connectivity index (χ3n) is 3.05. The normalized spacial score (nSPS) is 13.1. The summed E-state index contributed by atoms with van der Waals surface area (Å²) < 4.78 is 10.9. The zero-order chi connectivity index (χ0) is 16.2. The summed E-state index contributed by atoms with van der Waals surface area (Å²) in [5.74, 6) is 0.880. The van der Waals surface area contributed by atoms with Crippen LogP contribution in [0.2, 0.25) is 0 Å². The molecule has 0 saturated heterocycles. The average Bonchev–Trinajstić information content (AvgIpc) is 2.84. The van der Waals surface area contributed by atoms with E-state index in [2.05, 4.69) is 10.6 Å². The fraction of sp³-hybridized carbons (Fsp3) is 0.471. The second kappa shape index (κ2) is 6.83. The lowest BCUT2D eigenvalue weighted by Crippen LogP contribution is -2.40. The van der Waals surface area contributed by atoms with Gasteiger partial charge in [0.1, 0.15) is 16.9 Å². The Hall–Kier alpha value is -2.01. The zero-order valence-corrected chi connectivity index (χ0v) is 13.6. The number of carbonyl (C=O) groups excluding carboxylic acids is 1. The summed E-state index contributed by atoms with van der Waals surface area (Å²) in [4.78, 5) is 11.6. The maximum atomic E-state index is 11.6. The third-order valence-corrected chi connectivity index (χ3v) is 3.05. The molecule has 1 amide bonds. The van der Waals surface area contributed by atoms with E-state index in [0.29, 0.717) is 13.1 Å². The molecule has 5 heteroatoms. The van der Waals surface area contributed by atoms with Gasteiger partial charge < -0.3 is 19.8 Å². The van der Waals surface area contributed by atoms with Crippen molar-refractivity contribution < 1.29 is 13.9 Å². The predicted molar refractivity (Wildman–Crippen MR) is 86.8 cm³/mol. The Bertz CT molecular complexity index is 595. The van der Waals surface area contributed by atoms with Crippen LogP contribution >= 0.6 is 0 Å². The molecule has 1 aromatic carbocycles. The Kier molecular flexibility index (Phi) is 5.08. The Balaban J connectivity index is 1.75. The van der Waals surface area contributed by atoms with Crippen LogP contribution in [0.15, 0.2) is 34.7 Å². The highest BCUT2D eigenvalue weighted by atomic mass is 16.6. The predicted octanol–water partition coefficient (Wildman–Crippen LogP) is 3.44. The van der Waals surface area contributed by atoms with Gasteiger partial charge in [-0.1, -0.05) is 18.2 Å². The number of carbonyl (C=O) groups is 1. The summed E-state index contributed by atoms with van der Waals surface area (Å²) >= 11 is 0. The minimum Gasteiger partial charge on any atom is -0.460 e. The van der Waals surface area contributed by atoms with Crippen LogP contribution in [0.1, 0.15) is 33.5 Å². The summed E-state index contributed by atoms with van der Waals surface area (Å²) in [5.41, 5.74) is 0.411. The van der Waals surface area contributed by atoms with Crippen LogP contribution < -0.4 is 10.6 Å². The molecule has 5 nitrogen and oxygen atoms in total. The lowest BCUT2D eigenvalue weighted by molar-refractivity contribution is 0.0523. The van der Waals surface area contributed by atoms with E-state index in [1.54, 1.807) is 0 Å². The number of para-hydroxylation sites is 1. The third kappa shape index (κ3) is 5.07. The molecule has 0 aliphatic carbocycles. The van der Waals surface area contributed by atoms with Crippen LogP contribution in [-0.4, -0.2) is 24.3 Å². The molecule has 1 atom stereocenters. The second-order valence-electron chi connectivity index (χ2n) is 6.42. The van der Waals surface area contributed by atoms with Gasteiger partial charge in [0.15, 0.2) is 0 Å². The number of rotatable bonds is 5. The first kappa shape index (κ1) is 16.4. The number of hydrogen-bond donors (Lipinski definition) is 2. The number of furan rings is 1. The maximum absolute atomic E-state index is 11.6. The van der Waals surface area contributed by atoms with Gasteiger partial charge in [0.05, 0.1) is 6.54 Å². The fourth-order valence-corrected chi connectivity index (χ4v) is 2.02. The summed E-state index contributed by atoms with van der Waals surface area (Å²) in [5, 5.41) is 7.16. The molecule has 1 unspecified atom stereocenters. The Morgan fingerprint density at radius 1 is 1.32 bits per heavy atom. The number of nitrogens with one attached hydrogen (secondary N) is 2. The van der Waals surface area contributed by atoms with Crippen molar-refractivity contribution in [3.05, 3.63) is 36.1 Å². The Morgan fingerprint density at radius 2 is 2.05 bits per heavy atom. The van der Waals surface area contributed by atoms with Gasteiger partial charge in [0.2, 0.25) is 0 Å². The van der Waals surface area contributed by atoms with Gasteiger partial charge in [-0.15, -0.1) is 0 Å². The fourth-order valence-electron chi connectivity index (χ4n) is 2.02. The first-order valence-electron chi connectivity index (χ1n) is 7.51. The molecule has 2 rings (SSSR count). The molecule has 1 heterocycles. The van der Waals surface area contributed by atoms with Gasteiger partial charge in [0.25, 0.3) is 0 Å². The number of hydrogen-bond acceptors (Lipinski definition) is 4. The summed E-state index contributed by atoms with van der Waals surface area (Å²) in [6, 6.07) is 10.1.